The Bertz CT molecular complexity index is 526. The number of aliphatic imine (C=N–C) groups is 1. The van der Waals surface area contributed by atoms with Crippen molar-refractivity contribution in [2.24, 2.45) is 4.99 Å². The summed E-state index contributed by atoms with van der Waals surface area (Å²) in [5, 5.41) is 6.75. The standard InChI is InChI=1S/C16H22BrN3O.HI/c1-3-18-16(20-14-6-4-5-7-14)19-11-12-10-13(17)8-9-15(12)21-2;/h4-5,8-10,14H,3,6-7,11H2,1-2H3,(H2,18,19,20);1H. The molecule has 0 amide bonds. The molecule has 0 aliphatic heterocycles. The molecule has 0 unspecified atom stereocenters. The van der Waals surface area contributed by atoms with Crippen molar-refractivity contribution < 1.29 is 4.74 Å². The molecule has 0 aromatic heterocycles. The van der Waals surface area contributed by atoms with E-state index in [1.807, 2.05) is 18.2 Å². The number of hydrogen-bond acceptors (Lipinski definition) is 2. The number of benzene rings is 1. The van der Waals surface area contributed by atoms with Gasteiger partial charge in [0, 0.05) is 22.6 Å². The predicted octanol–water partition coefficient (Wildman–Crippen LogP) is 3.85. The number of nitrogens with one attached hydrogen (secondary N) is 2. The Labute approximate surface area is 158 Å². The zero-order valence-electron chi connectivity index (χ0n) is 12.9. The van der Waals surface area contributed by atoms with E-state index in [1.54, 1.807) is 7.11 Å². The first-order valence-corrected chi connectivity index (χ1v) is 8.04. The van der Waals surface area contributed by atoms with Crippen LogP contribution in [0.3, 0.4) is 0 Å². The van der Waals surface area contributed by atoms with Gasteiger partial charge in [-0.15, -0.1) is 24.0 Å². The predicted molar refractivity (Wildman–Crippen MR) is 106 cm³/mol. The summed E-state index contributed by atoms with van der Waals surface area (Å²) in [6.07, 6.45) is 6.53. The molecular weight excluding hydrogens is 457 g/mol. The molecule has 1 aliphatic carbocycles. The number of methoxy groups -OCH3 is 1. The molecule has 0 heterocycles. The molecule has 6 heteroatoms. The average molecular weight is 480 g/mol. The second kappa shape index (κ2) is 10.1. The maximum atomic E-state index is 5.39. The van der Waals surface area contributed by atoms with Crippen LogP contribution < -0.4 is 15.4 Å². The minimum atomic E-state index is 0. The topological polar surface area (TPSA) is 45.7 Å². The van der Waals surface area contributed by atoms with Crippen LogP contribution >= 0.6 is 39.9 Å². The average Bonchev–Trinajstić information content (AvgIpc) is 2.98. The first-order valence-electron chi connectivity index (χ1n) is 7.25. The summed E-state index contributed by atoms with van der Waals surface area (Å²) in [5.41, 5.74) is 1.06. The van der Waals surface area contributed by atoms with Gasteiger partial charge in [0.1, 0.15) is 5.75 Å². The molecule has 2 rings (SSSR count). The van der Waals surface area contributed by atoms with E-state index in [2.05, 4.69) is 50.6 Å². The van der Waals surface area contributed by atoms with Gasteiger partial charge in [-0.25, -0.2) is 4.99 Å². The molecule has 1 aromatic carbocycles. The van der Waals surface area contributed by atoms with Gasteiger partial charge in [0.15, 0.2) is 5.96 Å². The molecule has 122 valence electrons. The van der Waals surface area contributed by atoms with Gasteiger partial charge in [0.05, 0.1) is 13.7 Å². The van der Waals surface area contributed by atoms with Gasteiger partial charge in [-0.3, -0.25) is 0 Å². The lowest BCUT2D eigenvalue weighted by atomic mass is 10.2. The summed E-state index contributed by atoms with van der Waals surface area (Å²) < 4.78 is 6.42. The molecule has 1 aliphatic rings. The summed E-state index contributed by atoms with van der Waals surface area (Å²) >= 11 is 3.49. The van der Waals surface area contributed by atoms with Crippen LogP contribution in [0.1, 0.15) is 25.3 Å². The Balaban J connectivity index is 0.00000242. The zero-order chi connectivity index (χ0) is 15.1. The second-order valence-corrected chi connectivity index (χ2v) is 5.85. The molecule has 4 nitrogen and oxygen atoms in total. The molecule has 0 fully saturated rings. The first kappa shape index (κ1) is 19.3. The van der Waals surface area contributed by atoms with E-state index in [0.717, 1.165) is 41.1 Å². The maximum absolute atomic E-state index is 5.39. The van der Waals surface area contributed by atoms with Gasteiger partial charge in [0.2, 0.25) is 0 Å². The van der Waals surface area contributed by atoms with Crippen molar-refractivity contribution in [3.63, 3.8) is 0 Å². The van der Waals surface area contributed by atoms with Crippen LogP contribution in [-0.4, -0.2) is 25.7 Å². The van der Waals surface area contributed by atoms with Crippen LogP contribution in [0, 0.1) is 0 Å². The van der Waals surface area contributed by atoms with Crippen molar-refractivity contribution in [2.75, 3.05) is 13.7 Å². The summed E-state index contributed by atoms with van der Waals surface area (Å²) in [6, 6.07) is 6.42. The van der Waals surface area contributed by atoms with Crippen molar-refractivity contribution in [3.05, 3.63) is 40.4 Å². The number of guanidine groups is 1. The monoisotopic (exact) mass is 479 g/mol. The summed E-state index contributed by atoms with van der Waals surface area (Å²) in [4.78, 5) is 4.66. The second-order valence-electron chi connectivity index (χ2n) is 4.94. The third kappa shape index (κ3) is 5.79. The third-order valence-corrected chi connectivity index (χ3v) is 3.84. The first-order chi connectivity index (χ1) is 10.2. The van der Waals surface area contributed by atoms with E-state index >= 15 is 0 Å². The summed E-state index contributed by atoms with van der Waals surface area (Å²) in [7, 11) is 1.68. The van der Waals surface area contributed by atoms with Gasteiger partial charge in [0.25, 0.3) is 0 Å². The van der Waals surface area contributed by atoms with Crippen molar-refractivity contribution in [1.82, 2.24) is 10.6 Å². The number of halogens is 2. The smallest absolute Gasteiger partial charge is 0.191 e. The maximum Gasteiger partial charge on any atom is 0.191 e. The normalized spacial score (nSPS) is 14.6. The quantitative estimate of drug-likeness (QED) is 0.292. The molecule has 0 saturated heterocycles. The molecule has 0 bridgehead atoms. The lowest BCUT2D eigenvalue weighted by molar-refractivity contribution is 0.409. The minimum Gasteiger partial charge on any atom is -0.496 e. The summed E-state index contributed by atoms with van der Waals surface area (Å²) in [5.74, 6) is 1.72. The highest BCUT2D eigenvalue weighted by molar-refractivity contribution is 14.0. The Morgan fingerprint density at radius 2 is 2.09 bits per heavy atom. The molecule has 2 N–H and O–H groups in total. The van der Waals surface area contributed by atoms with E-state index in [0.29, 0.717) is 12.6 Å². The molecular formula is C16H23BrIN3O. The third-order valence-electron chi connectivity index (χ3n) is 3.34. The van der Waals surface area contributed by atoms with Gasteiger partial charge >= 0.3 is 0 Å². The molecule has 0 saturated carbocycles. The highest BCUT2D eigenvalue weighted by Gasteiger charge is 2.11. The van der Waals surface area contributed by atoms with E-state index in [4.69, 9.17) is 4.74 Å². The van der Waals surface area contributed by atoms with Gasteiger partial charge in [-0.2, -0.15) is 0 Å². The Morgan fingerprint density at radius 3 is 2.73 bits per heavy atom. The van der Waals surface area contributed by atoms with Crippen molar-refractivity contribution in [1.29, 1.82) is 0 Å². The number of hydrogen-bond donors (Lipinski definition) is 2. The van der Waals surface area contributed by atoms with Crippen LogP contribution in [0.25, 0.3) is 0 Å². The van der Waals surface area contributed by atoms with Crippen molar-refractivity contribution in [2.45, 2.75) is 32.4 Å². The van der Waals surface area contributed by atoms with E-state index in [-0.39, 0.29) is 24.0 Å². The van der Waals surface area contributed by atoms with Crippen molar-refractivity contribution >= 4 is 45.9 Å². The molecule has 0 atom stereocenters. The fourth-order valence-corrected chi connectivity index (χ4v) is 2.69. The molecule has 22 heavy (non-hydrogen) atoms. The SMILES string of the molecule is CCNC(=NCc1cc(Br)ccc1OC)NC1CC=CC1.I. The Morgan fingerprint density at radius 1 is 1.36 bits per heavy atom. The van der Waals surface area contributed by atoms with Crippen LogP contribution in [0.2, 0.25) is 0 Å². The summed E-state index contributed by atoms with van der Waals surface area (Å²) in [6.45, 7) is 3.50. The van der Waals surface area contributed by atoms with E-state index in [1.165, 1.54) is 0 Å². The molecule has 0 spiro atoms. The lowest BCUT2D eigenvalue weighted by Gasteiger charge is -2.17. The van der Waals surface area contributed by atoms with Crippen LogP contribution in [-0.2, 0) is 6.54 Å². The van der Waals surface area contributed by atoms with Gasteiger partial charge < -0.3 is 15.4 Å². The zero-order valence-corrected chi connectivity index (χ0v) is 16.9. The highest BCUT2D eigenvalue weighted by Crippen LogP contribution is 2.23. The van der Waals surface area contributed by atoms with Crippen LogP contribution in [0.15, 0.2) is 39.8 Å². The fraction of sp³-hybridized carbons (Fsp3) is 0.438. The molecule has 0 radical (unpaired) electrons. The largest absolute Gasteiger partial charge is 0.496 e. The number of ether oxygens (including phenoxy) is 1. The Kier molecular flexibility index (Phi) is 8.85. The number of nitrogens with zero attached hydrogens (tertiary/aromatic N) is 1. The fourth-order valence-electron chi connectivity index (χ4n) is 2.28. The number of rotatable bonds is 5. The van der Waals surface area contributed by atoms with Crippen molar-refractivity contribution in [3.8, 4) is 5.75 Å². The molecule has 1 aromatic rings. The van der Waals surface area contributed by atoms with E-state index < -0.39 is 0 Å². The van der Waals surface area contributed by atoms with Crippen LogP contribution in [0.5, 0.6) is 5.75 Å². The highest BCUT2D eigenvalue weighted by atomic mass is 127. The van der Waals surface area contributed by atoms with Gasteiger partial charge in [-0.05, 0) is 38.0 Å². The van der Waals surface area contributed by atoms with E-state index in [9.17, 15) is 0 Å². The Hall–Kier alpha value is -0.760. The lowest BCUT2D eigenvalue weighted by Crippen LogP contribution is -2.42. The van der Waals surface area contributed by atoms with Gasteiger partial charge in [-0.1, -0.05) is 28.1 Å². The minimum absolute atomic E-state index is 0. The van der Waals surface area contributed by atoms with Crippen LogP contribution in [0.4, 0.5) is 0 Å².